The highest BCUT2D eigenvalue weighted by Gasteiger charge is 2.11. The van der Waals surface area contributed by atoms with Crippen LogP contribution in [0.5, 0.6) is 11.5 Å². The summed E-state index contributed by atoms with van der Waals surface area (Å²) in [5.74, 6) is 1.76. The number of ether oxygens (including phenoxy) is 1. The van der Waals surface area contributed by atoms with E-state index in [0.717, 1.165) is 11.3 Å². The number of hydrogen-bond acceptors (Lipinski definition) is 4. The van der Waals surface area contributed by atoms with Crippen molar-refractivity contribution in [2.75, 3.05) is 5.32 Å². The van der Waals surface area contributed by atoms with E-state index in [1.54, 1.807) is 37.3 Å². The van der Waals surface area contributed by atoms with Crippen molar-refractivity contribution in [1.82, 2.24) is 5.16 Å². The molecule has 5 heteroatoms. The Hall–Kier alpha value is -3.08. The molecule has 0 bridgehead atoms. The van der Waals surface area contributed by atoms with Gasteiger partial charge in [0.2, 0.25) is 0 Å². The number of carbonyl (C=O) groups excluding carboxylic acids is 1. The summed E-state index contributed by atoms with van der Waals surface area (Å²) >= 11 is 0. The van der Waals surface area contributed by atoms with E-state index in [-0.39, 0.29) is 11.6 Å². The van der Waals surface area contributed by atoms with E-state index < -0.39 is 0 Å². The summed E-state index contributed by atoms with van der Waals surface area (Å²) in [5, 5.41) is 6.44. The maximum atomic E-state index is 12.0. The first-order valence-electron chi connectivity index (χ1n) is 7.19. The minimum absolute atomic E-state index is 0.252. The average Bonchev–Trinajstić information content (AvgIpc) is 2.96. The molecule has 0 fully saturated rings. The van der Waals surface area contributed by atoms with Crippen LogP contribution in [-0.4, -0.2) is 11.1 Å². The summed E-state index contributed by atoms with van der Waals surface area (Å²) < 4.78 is 10.7. The van der Waals surface area contributed by atoms with Crippen molar-refractivity contribution in [3.63, 3.8) is 0 Å². The predicted molar refractivity (Wildman–Crippen MR) is 86.9 cm³/mol. The van der Waals surface area contributed by atoms with Gasteiger partial charge in [0.25, 0.3) is 5.91 Å². The molecule has 1 heterocycles. The van der Waals surface area contributed by atoms with Crippen molar-refractivity contribution in [3.8, 4) is 11.5 Å². The van der Waals surface area contributed by atoms with Crippen LogP contribution < -0.4 is 10.1 Å². The van der Waals surface area contributed by atoms with Crippen LogP contribution in [0.3, 0.4) is 0 Å². The van der Waals surface area contributed by atoms with Crippen molar-refractivity contribution in [3.05, 3.63) is 71.6 Å². The fourth-order valence-corrected chi connectivity index (χ4v) is 2.09. The van der Waals surface area contributed by atoms with Gasteiger partial charge in [-0.3, -0.25) is 4.79 Å². The second kappa shape index (κ2) is 6.36. The summed E-state index contributed by atoms with van der Waals surface area (Å²) in [6.45, 7) is 3.75. The summed E-state index contributed by atoms with van der Waals surface area (Å²) in [6.07, 6.45) is 0. The maximum absolute atomic E-state index is 12.0. The molecule has 0 atom stereocenters. The monoisotopic (exact) mass is 308 g/mol. The number of carbonyl (C=O) groups is 1. The average molecular weight is 308 g/mol. The predicted octanol–water partition coefficient (Wildman–Crippen LogP) is 4.34. The SMILES string of the molecule is Cc1cccc(Oc2ccc(NC(=O)c3cc(C)on3)cc2)c1. The van der Waals surface area contributed by atoms with E-state index in [1.807, 2.05) is 31.2 Å². The van der Waals surface area contributed by atoms with Gasteiger partial charge in [0.15, 0.2) is 5.69 Å². The van der Waals surface area contributed by atoms with Crippen LogP contribution in [0.25, 0.3) is 0 Å². The molecular weight excluding hydrogens is 292 g/mol. The first-order chi connectivity index (χ1) is 11.1. The van der Waals surface area contributed by atoms with Gasteiger partial charge in [0.05, 0.1) is 0 Å². The standard InChI is InChI=1S/C18H16N2O3/c1-12-4-3-5-16(10-12)22-15-8-6-14(7-9-15)19-18(21)17-11-13(2)23-20-17/h3-11H,1-2H3,(H,19,21). The zero-order chi connectivity index (χ0) is 16.2. The molecule has 0 unspecified atom stereocenters. The van der Waals surface area contributed by atoms with Crippen molar-refractivity contribution in [1.29, 1.82) is 0 Å². The van der Waals surface area contributed by atoms with Crippen LogP contribution in [0.15, 0.2) is 59.1 Å². The number of nitrogens with one attached hydrogen (secondary N) is 1. The molecule has 0 aliphatic rings. The molecule has 116 valence electrons. The van der Waals surface area contributed by atoms with Crippen LogP contribution in [-0.2, 0) is 0 Å². The molecule has 2 aromatic carbocycles. The number of aryl methyl sites for hydroxylation is 2. The van der Waals surface area contributed by atoms with Crippen molar-refractivity contribution in [2.24, 2.45) is 0 Å². The maximum Gasteiger partial charge on any atom is 0.277 e. The zero-order valence-electron chi connectivity index (χ0n) is 12.9. The summed E-state index contributed by atoms with van der Waals surface area (Å²) in [5.41, 5.74) is 2.05. The van der Waals surface area contributed by atoms with E-state index in [9.17, 15) is 4.79 Å². The number of amides is 1. The molecule has 0 saturated carbocycles. The van der Waals surface area contributed by atoms with Crippen molar-refractivity contribution >= 4 is 11.6 Å². The third-order valence-electron chi connectivity index (χ3n) is 3.20. The fourth-order valence-electron chi connectivity index (χ4n) is 2.09. The number of rotatable bonds is 4. The van der Waals surface area contributed by atoms with Crippen molar-refractivity contribution in [2.45, 2.75) is 13.8 Å². The van der Waals surface area contributed by atoms with Crippen LogP contribution >= 0.6 is 0 Å². The molecule has 0 saturated heterocycles. The third-order valence-corrected chi connectivity index (χ3v) is 3.20. The number of benzene rings is 2. The van der Waals surface area contributed by atoms with Crippen LogP contribution in [0.4, 0.5) is 5.69 Å². The van der Waals surface area contributed by atoms with Gasteiger partial charge in [-0.1, -0.05) is 17.3 Å². The largest absolute Gasteiger partial charge is 0.457 e. The minimum atomic E-state index is -0.311. The van der Waals surface area contributed by atoms with E-state index in [2.05, 4.69) is 10.5 Å². The second-order valence-corrected chi connectivity index (χ2v) is 5.22. The number of anilines is 1. The Morgan fingerprint density at radius 2 is 1.83 bits per heavy atom. The van der Waals surface area contributed by atoms with Crippen molar-refractivity contribution < 1.29 is 14.1 Å². The molecule has 0 spiro atoms. The lowest BCUT2D eigenvalue weighted by molar-refractivity contribution is 0.101. The van der Waals surface area contributed by atoms with Gasteiger partial charge in [-0.15, -0.1) is 0 Å². The van der Waals surface area contributed by atoms with Gasteiger partial charge >= 0.3 is 0 Å². The third kappa shape index (κ3) is 3.77. The van der Waals surface area contributed by atoms with Crippen LogP contribution in [0.1, 0.15) is 21.8 Å². The molecule has 1 amide bonds. The zero-order valence-corrected chi connectivity index (χ0v) is 12.9. The number of aromatic nitrogens is 1. The Morgan fingerprint density at radius 3 is 2.48 bits per heavy atom. The van der Waals surface area contributed by atoms with Crippen LogP contribution in [0.2, 0.25) is 0 Å². The highest BCUT2D eigenvalue weighted by atomic mass is 16.5. The molecule has 1 N–H and O–H groups in total. The highest BCUT2D eigenvalue weighted by Crippen LogP contribution is 2.23. The Balaban J connectivity index is 1.66. The van der Waals surface area contributed by atoms with Gasteiger partial charge in [-0.25, -0.2) is 0 Å². The first kappa shape index (κ1) is 14.8. The summed E-state index contributed by atoms with van der Waals surface area (Å²) in [7, 11) is 0. The van der Waals surface area contributed by atoms with Gasteiger partial charge < -0.3 is 14.6 Å². The van der Waals surface area contributed by atoms with Gasteiger partial charge in [-0.2, -0.15) is 0 Å². The lowest BCUT2D eigenvalue weighted by atomic mass is 10.2. The van der Waals surface area contributed by atoms with E-state index in [1.165, 1.54) is 0 Å². The van der Waals surface area contributed by atoms with Gasteiger partial charge in [0.1, 0.15) is 17.3 Å². The molecule has 0 aliphatic carbocycles. The second-order valence-electron chi connectivity index (χ2n) is 5.22. The number of hydrogen-bond donors (Lipinski definition) is 1. The first-order valence-corrected chi connectivity index (χ1v) is 7.19. The van der Waals surface area contributed by atoms with E-state index in [4.69, 9.17) is 9.26 Å². The molecule has 0 radical (unpaired) electrons. The Labute approximate surface area is 133 Å². The van der Waals surface area contributed by atoms with Crippen LogP contribution in [0, 0.1) is 13.8 Å². The topological polar surface area (TPSA) is 64.4 Å². The lowest BCUT2D eigenvalue weighted by Crippen LogP contribution is -2.11. The highest BCUT2D eigenvalue weighted by molar-refractivity contribution is 6.02. The quantitative estimate of drug-likeness (QED) is 0.779. The Bertz CT molecular complexity index is 822. The number of nitrogens with zero attached hydrogens (tertiary/aromatic N) is 1. The van der Waals surface area contributed by atoms with E-state index >= 15 is 0 Å². The molecule has 3 rings (SSSR count). The normalized spacial score (nSPS) is 10.3. The molecule has 23 heavy (non-hydrogen) atoms. The van der Waals surface area contributed by atoms with Gasteiger partial charge in [-0.05, 0) is 55.8 Å². The summed E-state index contributed by atoms with van der Waals surface area (Å²) in [4.78, 5) is 12.0. The Kier molecular flexibility index (Phi) is 4.10. The molecule has 0 aliphatic heterocycles. The molecule has 5 nitrogen and oxygen atoms in total. The molecule has 3 aromatic rings. The van der Waals surface area contributed by atoms with E-state index in [0.29, 0.717) is 17.2 Å². The summed E-state index contributed by atoms with van der Waals surface area (Å²) in [6, 6.07) is 16.5. The fraction of sp³-hybridized carbons (Fsp3) is 0.111. The minimum Gasteiger partial charge on any atom is -0.457 e. The lowest BCUT2D eigenvalue weighted by Gasteiger charge is -2.08. The molecule has 1 aromatic heterocycles. The Morgan fingerprint density at radius 1 is 1.04 bits per heavy atom. The molecular formula is C18H16N2O3. The smallest absolute Gasteiger partial charge is 0.277 e. The van der Waals surface area contributed by atoms with Gasteiger partial charge in [0, 0.05) is 11.8 Å².